The van der Waals surface area contributed by atoms with E-state index >= 15 is 0 Å². The van der Waals surface area contributed by atoms with Crippen LogP contribution < -0.4 is 15.4 Å². The highest BCUT2D eigenvalue weighted by atomic mass is 16.5. The predicted molar refractivity (Wildman–Crippen MR) is 78.7 cm³/mol. The van der Waals surface area contributed by atoms with Crippen LogP contribution in [0.4, 0.5) is 10.5 Å². The summed E-state index contributed by atoms with van der Waals surface area (Å²) in [4.78, 5) is 11.8. The van der Waals surface area contributed by atoms with Gasteiger partial charge < -0.3 is 15.4 Å². The molecule has 1 aromatic carbocycles. The van der Waals surface area contributed by atoms with E-state index in [1.54, 1.807) is 0 Å². The molecule has 0 saturated heterocycles. The smallest absolute Gasteiger partial charge is 0.319 e. The fourth-order valence-corrected chi connectivity index (χ4v) is 1.44. The zero-order valence-electron chi connectivity index (χ0n) is 12.4. The van der Waals surface area contributed by atoms with Crippen LogP contribution in [0.25, 0.3) is 0 Å². The largest absolute Gasteiger partial charge is 0.489 e. The normalized spacial score (nSPS) is 11.3. The monoisotopic (exact) mass is 264 g/mol. The van der Waals surface area contributed by atoms with Gasteiger partial charge in [0.2, 0.25) is 0 Å². The van der Waals surface area contributed by atoms with Crippen LogP contribution in [0.2, 0.25) is 0 Å². The minimum Gasteiger partial charge on any atom is -0.489 e. The van der Waals surface area contributed by atoms with Crippen LogP contribution in [0.1, 0.15) is 34.6 Å². The summed E-state index contributed by atoms with van der Waals surface area (Å²) in [5, 5.41) is 5.66. The number of ether oxygens (including phenoxy) is 1. The first-order valence-electron chi connectivity index (χ1n) is 6.58. The molecule has 0 aliphatic carbocycles. The number of para-hydroxylation sites is 2. The number of rotatable bonds is 4. The van der Waals surface area contributed by atoms with Gasteiger partial charge in [-0.3, -0.25) is 0 Å². The number of hydrogen-bond donors (Lipinski definition) is 2. The lowest BCUT2D eigenvalue weighted by molar-refractivity contribution is 0.240. The summed E-state index contributed by atoms with van der Waals surface area (Å²) in [5.74, 6) is 0.684. The number of anilines is 1. The van der Waals surface area contributed by atoms with Crippen molar-refractivity contribution in [2.75, 3.05) is 11.9 Å². The molecule has 0 fully saturated rings. The van der Waals surface area contributed by atoms with Crippen molar-refractivity contribution in [2.45, 2.75) is 40.7 Å². The van der Waals surface area contributed by atoms with Crippen molar-refractivity contribution in [3.05, 3.63) is 24.3 Å². The topological polar surface area (TPSA) is 50.4 Å². The summed E-state index contributed by atoms with van der Waals surface area (Å²) in [6.07, 6.45) is 0.0700. The van der Waals surface area contributed by atoms with Crippen molar-refractivity contribution in [2.24, 2.45) is 5.41 Å². The molecule has 4 heteroatoms. The molecule has 106 valence electrons. The first kappa shape index (κ1) is 15.3. The van der Waals surface area contributed by atoms with E-state index in [1.807, 2.05) is 38.1 Å². The fourth-order valence-electron chi connectivity index (χ4n) is 1.44. The molecule has 4 nitrogen and oxygen atoms in total. The molecule has 2 amide bonds. The molecule has 0 unspecified atom stereocenters. The van der Waals surface area contributed by atoms with Gasteiger partial charge in [0.1, 0.15) is 5.75 Å². The molecule has 1 rings (SSSR count). The summed E-state index contributed by atoms with van der Waals surface area (Å²) in [6.45, 7) is 10.7. The third-order valence-corrected chi connectivity index (χ3v) is 2.28. The van der Waals surface area contributed by atoms with Crippen molar-refractivity contribution in [1.82, 2.24) is 5.32 Å². The van der Waals surface area contributed by atoms with E-state index in [4.69, 9.17) is 4.74 Å². The van der Waals surface area contributed by atoms with Crippen LogP contribution >= 0.6 is 0 Å². The van der Waals surface area contributed by atoms with Crippen molar-refractivity contribution in [3.8, 4) is 5.75 Å². The quantitative estimate of drug-likeness (QED) is 0.872. The first-order valence-corrected chi connectivity index (χ1v) is 6.58. The van der Waals surface area contributed by atoms with Crippen LogP contribution in [-0.4, -0.2) is 18.7 Å². The van der Waals surface area contributed by atoms with Gasteiger partial charge in [0.15, 0.2) is 0 Å². The van der Waals surface area contributed by atoms with Crippen LogP contribution in [0, 0.1) is 5.41 Å². The molecule has 1 aromatic rings. The van der Waals surface area contributed by atoms with Crippen LogP contribution in [0.15, 0.2) is 24.3 Å². The van der Waals surface area contributed by atoms with Gasteiger partial charge in [-0.25, -0.2) is 4.79 Å². The Balaban J connectivity index is 2.63. The lowest BCUT2D eigenvalue weighted by atomic mass is 9.97. The Morgan fingerprint density at radius 1 is 1.26 bits per heavy atom. The first-order chi connectivity index (χ1) is 8.78. The Labute approximate surface area is 115 Å². The molecule has 0 aliphatic heterocycles. The Morgan fingerprint density at radius 3 is 2.47 bits per heavy atom. The van der Waals surface area contributed by atoms with Gasteiger partial charge in [0.05, 0.1) is 11.8 Å². The molecule has 0 spiro atoms. The van der Waals surface area contributed by atoms with E-state index in [0.717, 1.165) is 0 Å². The third kappa shape index (κ3) is 6.13. The van der Waals surface area contributed by atoms with E-state index in [9.17, 15) is 4.79 Å². The summed E-state index contributed by atoms with van der Waals surface area (Å²) >= 11 is 0. The Bertz CT molecular complexity index is 422. The number of carbonyl (C=O) groups is 1. The van der Waals surface area contributed by atoms with Gasteiger partial charge in [-0.05, 0) is 31.4 Å². The summed E-state index contributed by atoms with van der Waals surface area (Å²) < 4.78 is 5.65. The Hall–Kier alpha value is -1.71. The number of urea groups is 1. The molecular formula is C15H24N2O2. The summed E-state index contributed by atoms with van der Waals surface area (Å²) in [6, 6.07) is 7.21. The molecule has 0 atom stereocenters. The fraction of sp³-hybridized carbons (Fsp3) is 0.533. The minimum atomic E-state index is -0.213. The second-order valence-electron chi connectivity index (χ2n) is 6.03. The standard InChI is InChI=1S/C15H24N2O2/c1-11(2)19-13-9-7-6-8-12(13)17-14(18)16-10-15(3,4)5/h6-9,11H,10H2,1-5H3,(H2,16,17,18). The average molecular weight is 264 g/mol. The summed E-state index contributed by atoms with van der Waals surface area (Å²) in [7, 11) is 0. The third-order valence-electron chi connectivity index (χ3n) is 2.28. The maximum atomic E-state index is 11.8. The van der Waals surface area contributed by atoms with E-state index in [0.29, 0.717) is 18.0 Å². The van der Waals surface area contributed by atoms with Gasteiger partial charge in [-0.15, -0.1) is 0 Å². The van der Waals surface area contributed by atoms with Gasteiger partial charge in [-0.1, -0.05) is 32.9 Å². The molecule has 0 heterocycles. The lowest BCUT2D eigenvalue weighted by Crippen LogP contribution is -2.35. The second kappa shape index (κ2) is 6.45. The average Bonchev–Trinajstić information content (AvgIpc) is 2.27. The van der Waals surface area contributed by atoms with E-state index in [-0.39, 0.29) is 17.6 Å². The molecule has 0 radical (unpaired) electrons. The predicted octanol–water partition coefficient (Wildman–Crippen LogP) is 3.64. The highest BCUT2D eigenvalue weighted by Crippen LogP contribution is 2.24. The number of hydrogen-bond acceptors (Lipinski definition) is 2. The van der Waals surface area contributed by atoms with Crippen LogP contribution in [0.3, 0.4) is 0 Å². The Morgan fingerprint density at radius 2 is 1.89 bits per heavy atom. The van der Waals surface area contributed by atoms with Crippen molar-refractivity contribution >= 4 is 11.7 Å². The van der Waals surface area contributed by atoms with Crippen LogP contribution in [0.5, 0.6) is 5.75 Å². The number of nitrogens with one attached hydrogen (secondary N) is 2. The number of benzene rings is 1. The van der Waals surface area contributed by atoms with E-state index < -0.39 is 0 Å². The van der Waals surface area contributed by atoms with Gasteiger partial charge in [0, 0.05) is 6.54 Å². The maximum absolute atomic E-state index is 11.8. The molecule has 2 N–H and O–H groups in total. The van der Waals surface area contributed by atoms with Gasteiger partial charge in [-0.2, -0.15) is 0 Å². The van der Waals surface area contributed by atoms with Gasteiger partial charge >= 0.3 is 6.03 Å². The Kier molecular flexibility index (Phi) is 5.21. The maximum Gasteiger partial charge on any atom is 0.319 e. The zero-order valence-corrected chi connectivity index (χ0v) is 12.4. The van der Waals surface area contributed by atoms with Crippen LogP contribution in [-0.2, 0) is 0 Å². The lowest BCUT2D eigenvalue weighted by Gasteiger charge is -2.20. The number of carbonyl (C=O) groups excluding carboxylic acids is 1. The van der Waals surface area contributed by atoms with Gasteiger partial charge in [0.25, 0.3) is 0 Å². The minimum absolute atomic E-state index is 0.0608. The SMILES string of the molecule is CC(C)Oc1ccccc1NC(=O)NCC(C)(C)C. The molecule has 0 aromatic heterocycles. The molecule has 19 heavy (non-hydrogen) atoms. The zero-order chi connectivity index (χ0) is 14.5. The molecule has 0 bridgehead atoms. The summed E-state index contributed by atoms with van der Waals surface area (Å²) in [5.41, 5.74) is 0.744. The highest BCUT2D eigenvalue weighted by Gasteiger charge is 2.13. The van der Waals surface area contributed by atoms with Crippen molar-refractivity contribution < 1.29 is 9.53 Å². The van der Waals surface area contributed by atoms with Crippen molar-refractivity contribution in [3.63, 3.8) is 0 Å². The molecule has 0 saturated carbocycles. The molecular weight excluding hydrogens is 240 g/mol. The highest BCUT2D eigenvalue weighted by molar-refractivity contribution is 5.90. The molecule has 0 aliphatic rings. The number of amides is 2. The second-order valence-corrected chi connectivity index (χ2v) is 6.03. The van der Waals surface area contributed by atoms with E-state index in [2.05, 4.69) is 31.4 Å². The van der Waals surface area contributed by atoms with Crippen molar-refractivity contribution in [1.29, 1.82) is 0 Å². The van der Waals surface area contributed by atoms with E-state index in [1.165, 1.54) is 0 Å².